The molecule has 0 aromatic heterocycles. The standard InChI is InChI=1S/C13H12O2.CH2O/c14-12-7-4-8-13(9-12)15-10-11-5-2-1-3-6-11;1-2/h1-9,14H,10H2;1H2. The third-order valence-corrected chi connectivity index (χ3v) is 2.07. The molecule has 0 saturated heterocycles. The second-order valence-electron chi connectivity index (χ2n) is 3.27. The smallest absolute Gasteiger partial charge is 0.123 e. The van der Waals surface area contributed by atoms with Crippen molar-refractivity contribution in [3.63, 3.8) is 0 Å². The Balaban J connectivity index is 0.000000686. The van der Waals surface area contributed by atoms with Gasteiger partial charge in [-0.05, 0) is 17.7 Å². The summed E-state index contributed by atoms with van der Waals surface area (Å²) >= 11 is 0. The van der Waals surface area contributed by atoms with E-state index >= 15 is 0 Å². The molecule has 2 rings (SSSR count). The van der Waals surface area contributed by atoms with E-state index in [2.05, 4.69) is 0 Å². The Morgan fingerprint density at radius 2 is 1.71 bits per heavy atom. The largest absolute Gasteiger partial charge is 0.508 e. The van der Waals surface area contributed by atoms with Crippen LogP contribution in [0.1, 0.15) is 5.56 Å². The van der Waals surface area contributed by atoms with E-state index < -0.39 is 0 Å². The third kappa shape index (κ3) is 4.38. The van der Waals surface area contributed by atoms with Crippen molar-refractivity contribution in [1.29, 1.82) is 0 Å². The minimum absolute atomic E-state index is 0.223. The van der Waals surface area contributed by atoms with E-state index in [0.29, 0.717) is 12.4 Å². The number of rotatable bonds is 3. The molecule has 0 aliphatic rings. The summed E-state index contributed by atoms with van der Waals surface area (Å²) in [4.78, 5) is 8.00. The summed E-state index contributed by atoms with van der Waals surface area (Å²) in [6.45, 7) is 2.52. The van der Waals surface area contributed by atoms with Gasteiger partial charge in [0.15, 0.2) is 0 Å². The Morgan fingerprint density at radius 3 is 2.35 bits per heavy atom. The zero-order chi connectivity index (χ0) is 12.5. The van der Waals surface area contributed by atoms with Gasteiger partial charge in [0.1, 0.15) is 24.9 Å². The summed E-state index contributed by atoms with van der Waals surface area (Å²) in [5, 5.41) is 9.23. The summed E-state index contributed by atoms with van der Waals surface area (Å²) in [7, 11) is 0. The molecule has 0 amide bonds. The van der Waals surface area contributed by atoms with Gasteiger partial charge in [-0.3, -0.25) is 0 Å². The lowest BCUT2D eigenvalue weighted by atomic mass is 10.2. The summed E-state index contributed by atoms with van der Waals surface area (Å²) in [5.41, 5.74) is 1.11. The molecule has 2 aromatic carbocycles. The lowest BCUT2D eigenvalue weighted by Gasteiger charge is -2.05. The predicted octanol–water partition coefficient (Wildman–Crippen LogP) is 2.79. The van der Waals surface area contributed by atoms with Crippen molar-refractivity contribution in [3.05, 3.63) is 60.2 Å². The first-order chi connectivity index (χ1) is 8.34. The van der Waals surface area contributed by atoms with Crippen LogP contribution in [0.3, 0.4) is 0 Å². The van der Waals surface area contributed by atoms with Gasteiger partial charge >= 0.3 is 0 Å². The molecule has 0 aliphatic carbocycles. The van der Waals surface area contributed by atoms with Crippen LogP contribution in [-0.4, -0.2) is 11.9 Å². The molecule has 88 valence electrons. The first-order valence-electron chi connectivity index (χ1n) is 5.09. The Labute approximate surface area is 100 Å². The number of ether oxygens (including phenoxy) is 1. The van der Waals surface area contributed by atoms with Gasteiger partial charge in [-0.2, -0.15) is 0 Å². The summed E-state index contributed by atoms with van der Waals surface area (Å²) in [5.74, 6) is 0.902. The molecule has 0 radical (unpaired) electrons. The van der Waals surface area contributed by atoms with Crippen LogP contribution < -0.4 is 4.74 Å². The van der Waals surface area contributed by atoms with Crippen LogP contribution >= 0.6 is 0 Å². The molecule has 0 saturated carbocycles. The number of benzene rings is 2. The second kappa shape index (κ2) is 7.06. The van der Waals surface area contributed by atoms with Crippen molar-refractivity contribution in [2.45, 2.75) is 6.61 Å². The van der Waals surface area contributed by atoms with E-state index in [-0.39, 0.29) is 5.75 Å². The highest BCUT2D eigenvalue weighted by Crippen LogP contribution is 2.18. The normalized spacial score (nSPS) is 8.94. The molecule has 2 aromatic rings. The van der Waals surface area contributed by atoms with Gasteiger partial charge < -0.3 is 14.6 Å². The fourth-order valence-corrected chi connectivity index (χ4v) is 1.31. The van der Waals surface area contributed by atoms with E-state index in [9.17, 15) is 5.11 Å². The zero-order valence-corrected chi connectivity index (χ0v) is 9.37. The molecular formula is C14H14O3. The van der Waals surface area contributed by atoms with E-state index in [1.54, 1.807) is 18.2 Å². The number of aromatic hydroxyl groups is 1. The minimum Gasteiger partial charge on any atom is -0.508 e. The van der Waals surface area contributed by atoms with E-state index in [1.807, 2.05) is 43.2 Å². The van der Waals surface area contributed by atoms with E-state index in [4.69, 9.17) is 9.53 Å². The topological polar surface area (TPSA) is 46.5 Å². The molecule has 0 aliphatic heterocycles. The van der Waals surface area contributed by atoms with Crippen molar-refractivity contribution in [3.8, 4) is 11.5 Å². The molecule has 0 unspecified atom stereocenters. The lowest BCUT2D eigenvalue weighted by molar-refractivity contribution is -0.0979. The van der Waals surface area contributed by atoms with Crippen LogP contribution in [0.5, 0.6) is 11.5 Å². The zero-order valence-electron chi connectivity index (χ0n) is 9.37. The van der Waals surface area contributed by atoms with Crippen LogP contribution in [-0.2, 0) is 11.4 Å². The number of carbonyl (C=O) groups is 1. The van der Waals surface area contributed by atoms with Gasteiger partial charge in [0.2, 0.25) is 0 Å². The van der Waals surface area contributed by atoms with Gasteiger partial charge in [-0.1, -0.05) is 36.4 Å². The fraction of sp³-hybridized carbons (Fsp3) is 0.0714. The number of hydrogen-bond donors (Lipinski definition) is 1. The Morgan fingerprint density at radius 1 is 1.00 bits per heavy atom. The fourth-order valence-electron chi connectivity index (χ4n) is 1.31. The van der Waals surface area contributed by atoms with Gasteiger partial charge in [0, 0.05) is 6.07 Å². The van der Waals surface area contributed by atoms with Crippen LogP contribution in [0.15, 0.2) is 54.6 Å². The average Bonchev–Trinajstić information content (AvgIpc) is 2.40. The number of phenolic OH excluding ortho intramolecular Hbond substituents is 1. The van der Waals surface area contributed by atoms with Crippen molar-refractivity contribution >= 4 is 6.79 Å². The van der Waals surface area contributed by atoms with E-state index in [1.165, 1.54) is 0 Å². The van der Waals surface area contributed by atoms with Crippen molar-refractivity contribution in [2.24, 2.45) is 0 Å². The van der Waals surface area contributed by atoms with Gasteiger partial charge in [0.05, 0.1) is 0 Å². The molecule has 17 heavy (non-hydrogen) atoms. The van der Waals surface area contributed by atoms with Crippen molar-refractivity contribution < 1.29 is 14.6 Å². The maximum Gasteiger partial charge on any atom is 0.123 e. The Bertz CT molecular complexity index is 440. The Kier molecular flexibility index (Phi) is 5.31. The molecule has 3 nitrogen and oxygen atoms in total. The van der Waals surface area contributed by atoms with Crippen LogP contribution in [0, 0.1) is 0 Å². The molecule has 0 heterocycles. The molecule has 0 bridgehead atoms. The van der Waals surface area contributed by atoms with Crippen molar-refractivity contribution in [2.75, 3.05) is 0 Å². The molecule has 0 fully saturated rings. The summed E-state index contributed by atoms with van der Waals surface area (Å²) < 4.78 is 5.51. The van der Waals surface area contributed by atoms with Gasteiger partial charge in [-0.25, -0.2) is 0 Å². The minimum atomic E-state index is 0.223. The summed E-state index contributed by atoms with van der Waals surface area (Å²) in [6, 6.07) is 16.7. The number of carbonyl (C=O) groups excluding carboxylic acids is 1. The highest BCUT2D eigenvalue weighted by molar-refractivity contribution is 5.32. The molecule has 3 heteroatoms. The highest BCUT2D eigenvalue weighted by Gasteiger charge is 1.95. The van der Waals surface area contributed by atoms with Crippen LogP contribution in [0.4, 0.5) is 0 Å². The van der Waals surface area contributed by atoms with Crippen LogP contribution in [0.2, 0.25) is 0 Å². The monoisotopic (exact) mass is 230 g/mol. The van der Waals surface area contributed by atoms with Crippen molar-refractivity contribution in [1.82, 2.24) is 0 Å². The van der Waals surface area contributed by atoms with Gasteiger partial charge in [0.25, 0.3) is 0 Å². The molecule has 1 N–H and O–H groups in total. The third-order valence-electron chi connectivity index (χ3n) is 2.07. The highest BCUT2D eigenvalue weighted by atomic mass is 16.5. The molecular weight excluding hydrogens is 216 g/mol. The van der Waals surface area contributed by atoms with E-state index in [0.717, 1.165) is 5.56 Å². The average molecular weight is 230 g/mol. The molecule has 0 spiro atoms. The number of hydrogen-bond acceptors (Lipinski definition) is 3. The number of phenols is 1. The predicted molar refractivity (Wildman–Crippen MR) is 66.0 cm³/mol. The van der Waals surface area contributed by atoms with Crippen LogP contribution in [0.25, 0.3) is 0 Å². The first-order valence-corrected chi connectivity index (χ1v) is 5.09. The maximum absolute atomic E-state index is 9.23. The SMILES string of the molecule is C=O.Oc1cccc(OCc2ccccc2)c1. The second-order valence-corrected chi connectivity index (χ2v) is 3.27. The Hall–Kier alpha value is -2.29. The maximum atomic E-state index is 9.23. The quantitative estimate of drug-likeness (QED) is 0.881. The van der Waals surface area contributed by atoms with Gasteiger partial charge in [-0.15, -0.1) is 0 Å². The molecule has 0 atom stereocenters. The first kappa shape index (κ1) is 12.8. The lowest BCUT2D eigenvalue weighted by Crippen LogP contribution is -1.94. The summed E-state index contributed by atoms with van der Waals surface area (Å²) in [6.07, 6.45) is 0.